The zero-order valence-corrected chi connectivity index (χ0v) is 17.6. The number of alkyl halides is 3. The van der Waals surface area contributed by atoms with E-state index in [2.05, 4.69) is 20.3 Å². The van der Waals surface area contributed by atoms with E-state index < -0.39 is 11.9 Å². The Labute approximate surface area is 187 Å². The molecule has 168 valence electrons. The summed E-state index contributed by atoms with van der Waals surface area (Å²) in [5, 5.41) is 16.6. The van der Waals surface area contributed by atoms with Crippen LogP contribution in [0, 0.1) is 0 Å². The molecule has 0 aliphatic heterocycles. The number of nitrogens with one attached hydrogen (secondary N) is 1. The van der Waals surface area contributed by atoms with Crippen LogP contribution in [0.2, 0.25) is 5.02 Å². The van der Waals surface area contributed by atoms with Gasteiger partial charge < -0.3 is 16.2 Å². The van der Waals surface area contributed by atoms with Crippen molar-refractivity contribution in [2.24, 2.45) is 4.99 Å². The Bertz CT molecular complexity index is 1150. The summed E-state index contributed by atoms with van der Waals surface area (Å²) < 4.78 is 40.1. The van der Waals surface area contributed by atoms with Gasteiger partial charge in [-0.15, -0.1) is 0 Å². The number of aromatic nitrogens is 2. The number of halogens is 4. The maximum atomic E-state index is 13.4. The number of nitrogens with two attached hydrogens (primary N) is 1. The quantitative estimate of drug-likeness (QED) is 0.442. The lowest BCUT2D eigenvalue weighted by molar-refractivity contribution is -0.213. The lowest BCUT2D eigenvalue weighted by Crippen LogP contribution is -2.31. The van der Waals surface area contributed by atoms with Crippen molar-refractivity contribution >= 4 is 39.9 Å². The number of fused-ring (bicyclic) bond motifs is 1. The molecular weight excluding hydrogens is 443 g/mol. The summed E-state index contributed by atoms with van der Waals surface area (Å²) in [4.78, 5) is 11.9. The van der Waals surface area contributed by atoms with Gasteiger partial charge in [0.1, 0.15) is 11.5 Å². The first kappa shape index (κ1) is 22.1. The standard InChI is InChI=1S/C22H21ClF3N5O/c23-13-5-6-17-16(8-13)18(10-19(31-17)22(24,25)26)29-14-2-1-3-15(9-14)30-21(32)12-4-7-20(27)28-11-12/h4-8,10-11,14-15H,1-3,9H2,(H2,27,28)(H,29,31)(H,30,32)/p-1/t14-,15?/m0/s1. The second-order valence-electron chi connectivity index (χ2n) is 7.78. The molecule has 0 saturated heterocycles. The molecular formula is C22H20ClF3N5O-. The van der Waals surface area contributed by atoms with Crippen LogP contribution < -0.4 is 16.2 Å². The van der Waals surface area contributed by atoms with E-state index in [0.717, 1.165) is 25.3 Å². The largest absolute Gasteiger partial charge is 0.858 e. The van der Waals surface area contributed by atoms with Gasteiger partial charge >= 0.3 is 6.18 Å². The van der Waals surface area contributed by atoms with Crippen LogP contribution in [-0.2, 0) is 6.18 Å². The predicted octanol–water partition coefficient (Wildman–Crippen LogP) is 4.41. The Morgan fingerprint density at radius 2 is 2.00 bits per heavy atom. The Morgan fingerprint density at radius 1 is 1.19 bits per heavy atom. The maximum absolute atomic E-state index is 13.4. The van der Waals surface area contributed by atoms with Crippen LogP contribution in [-0.4, -0.2) is 27.9 Å². The Kier molecular flexibility index (Phi) is 6.10. The fourth-order valence-electron chi connectivity index (χ4n) is 3.87. The van der Waals surface area contributed by atoms with Gasteiger partial charge in [0.15, 0.2) is 0 Å². The highest BCUT2D eigenvalue weighted by molar-refractivity contribution is 6.31. The van der Waals surface area contributed by atoms with Crippen molar-refractivity contribution < 1.29 is 18.3 Å². The molecule has 0 spiro atoms. The lowest BCUT2D eigenvalue weighted by atomic mass is 9.91. The van der Waals surface area contributed by atoms with E-state index >= 15 is 0 Å². The second kappa shape index (κ2) is 8.82. The summed E-state index contributed by atoms with van der Waals surface area (Å²) in [5.41, 5.74) is 5.43. The Morgan fingerprint density at radius 3 is 2.72 bits per heavy atom. The van der Waals surface area contributed by atoms with Crippen molar-refractivity contribution in [2.45, 2.75) is 43.9 Å². The monoisotopic (exact) mass is 462 g/mol. The first-order chi connectivity index (χ1) is 15.2. The number of aliphatic imine (C=N–C) groups is 1. The van der Waals surface area contributed by atoms with Gasteiger partial charge in [-0.05, 0) is 68.0 Å². The first-order valence-corrected chi connectivity index (χ1v) is 10.5. The third-order valence-corrected chi connectivity index (χ3v) is 5.64. The number of nitrogens with zero attached hydrogens (tertiary/aromatic N) is 3. The molecule has 1 aromatic carbocycles. The molecule has 3 N–H and O–H groups in total. The molecule has 4 rings (SSSR count). The number of anilines is 2. The molecule has 2 heterocycles. The van der Waals surface area contributed by atoms with Crippen LogP contribution in [0.5, 0.6) is 0 Å². The highest BCUT2D eigenvalue weighted by Crippen LogP contribution is 2.35. The van der Waals surface area contributed by atoms with Crippen molar-refractivity contribution in [2.75, 3.05) is 11.1 Å². The minimum atomic E-state index is -4.58. The van der Waals surface area contributed by atoms with Gasteiger partial charge in [0.05, 0.1) is 11.6 Å². The molecule has 0 radical (unpaired) electrons. The fraction of sp³-hybridized carbons (Fsp3) is 0.318. The highest BCUT2D eigenvalue weighted by Gasteiger charge is 2.34. The number of benzene rings is 1. The predicted molar refractivity (Wildman–Crippen MR) is 117 cm³/mol. The molecule has 2 aromatic heterocycles. The van der Waals surface area contributed by atoms with Gasteiger partial charge in [0.2, 0.25) is 0 Å². The molecule has 0 bridgehead atoms. The number of pyridine rings is 2. The number of rotatable bonds is 4. The van der Waals surface area contributed by atoms with Crippen molar-refractivity contribution in [3.05, 3.63) is 58.9 Å². The van der Waals surface area contributed by atoms with Crippen LogP contribution in [0.1, 0.15) is 36.9 Å². The summed E-state index contributed by atoms with van der Waals surface area (Å²) in [6, 6.07) is 8.28. The van der Waals surface area contributed by atoms with Crippen LogP contribution in [0.3, 0.4) is 0 Å². The van der Waals surface area contributed by atoms with Gasteiger partial charge in [-0.25, -0.2) is 9.97 Å². The molecule has 10 heteroatoms. The molecule has 3 aromatic rings. The normalized spacial score (nSPS) is 19.8. The van der Waals surface area contributed by atoms with E-state index in [9.17, 15) is 18.3 Å². The van der Waals surface area contributed by atoms with E-state index in [1.165, 1.54) is 24.4 Å². The molecule has 0 amide bonds. The Hall–Kier alpha value is -3.07. The smallest absolute Gasteiger partial charge is 0.433 e. The molecule has 1 unspecified atom stereocenters. The second-order valence-corrected chi connectivity index (χ2v) is 8.22. The molecule has 1 aliphatic carbocycles. The van der Waals surface area contributed by atoms with Crippen LogP contribution in [0.4, 0.5) is 24.7 Å². The van der Waals surface area contributed by atoms with Crippen LogP contribution in [0.15, 0.2) is 47.6 Å². The first-order valence-electron chi connectivity index (χ1n) is 10.1. The summed E-state index contributed by atoms with van der Waals surface area (Å²) in [5.74, 6) is -0.0740. The summed E-state index contributed by atoms with van der Waals surface area (Å²) in [6.07, 6.45) is -0.424. The van der Waals surface area contributed by atoms with E-state index in [4.69, 9.17) is 17.3 Å². The summed E-state index contributed by atoms with van der Waals surface area (Å²) >= 11 is 6.07. The van der Waals surface area contributed by atoms with E-state index in [1.807, 2.05) is 0 Å². The zero-order chi connectivity index (χ0) is 22.9. The maximum Gasteiger partial charge on any atom is 0.433 e. The van der Waals surface area contributed by atoms with Gasteiger partial charge in [-0.2, -0.15) is 13.2 Å². The van der Waals surface area contributed by atoms with Crippen molar-refractivity contribution in [1.82, 2.24) is 9.97 Å². The van der Waals surface area contributed by atoms with Crippen molar-refractivity contribution in [3.8, 4) is 0 Å². The topological polar surface area (TPSA) is 99.2 Å². The molecule has 2 atom stereocenters. The average molecular weight is 463 g/mol. The third kappa shape index (κ3) is 5.04. The summed E-state index contributed by atoms with van der Waals surface area (Å²) in [7, 11) is 0. The third-order valence-electron chi connectivity index (χ3n) is 5.40. The van der Waals surface area contributed by atoms with E-state index in [1.54, 1.807) is 12.1 Å². The van der Waals surface area contributed by atoms with E-state index in [-0.39, 0.29) is 23.5 Å². The van der Waals surface area contributed by atoms with Gasteiger partial charge in [-0.1, -0.05) is 11.6 Å². The van der Waals surface area contributed by atoms with E-state index in [0.29, 0.717) is 33.9 Å². The average Bonchev–Trinajstić information content (AvgIpc) is 2.74. The van der Waals surface area contributed by atoms with Crippen molar-refractivity contribution in [1.29, 1.82) is 0 Å². The summed E-state index contributed by atoms with van der Waals surface area (Å²) in [6.45, 7) is 0. The minimum Gasteiger partial charge on any atom is -0.858 e. The van der Waals surface area contributed by atoms with Crippen LogP contribution >= 0.6 is 11.6 Å². The van der Waals surface area contributed by atoms with Gasteiger partial charge in [0.25, 0.3) is 0 Å². The zero-order valence-electron chi connectivity index (χ0n) is 16.9. The fourth-order valence-corrected chi connectivity index (χ4v) is 4.04. The SMILES string of the molecule is Nc1ccc(C([O-])=NC2CCC[C@H](Nc3cc(C(F)(F)F)nc4ccc(Cl)cc34)C2)cn1. The van der Waals surface area contributed by atoms with Gasteiger partial charge in [0, 0.05) is 33.9 Å². The van der Waals surface area contributed by atoms with Crippen molar-refractivity contribution in [3.63, 3.8) is 0 Å². The molecule has 1 fully saturated rings. The van der Waals surface area contributed by atoms with Gasteiger partial charge in [-0.3, -0.25) is 4.99 Å². The lowest BCUT2D eigenvalue weighted by Gasteiger charge is -2.30. The molecule has 1 saturated carbocycles. The number of nitrogen functional groups attached to an aromatic ring is 1. The minimum absolute atomic E-state index is 0.152. The molecule has 32 heavy (non-hydrogen) atoms. The number of hydrogen-bond donors (Lipinski definition) is 2. The van der Waals surface area contributed by atoms with Crippen LogP contribution in [0.25, 0.3) is 10.9 Å². The molecule has 1 aliphatic rings. The highest BCUT2D eigenvalue weighted by atomic mass is 35.5. The number of hydrogen-bond acceptors (Lipinski definition) is 6. The Balaban J connectivity index is 1.58. The molecule has 6 nitrogen and oxygen atoms in total.